The van der Waals surface area contributed by atoms with E-state index in [0.29, 0.717) is 4.70 Å². The second kappa shape index (κ2) is 7.66. The van der Waals surface area contributed by atoms with E-state index in [2.05, 4.69) is 167 Å². The highest BCUT2D eigenvalue weighted by molar-refractivity contribution is 6.15. The summed E-state index contributed by atoms with van der Waals surface area (Å²) in [4.78, 5) is 0. The predicted octanol–water partition coefficient (Wildman–Crippen LogP) is 8.77. The molecule has 0 bridgehead atoms. The first-order valence-corrected chi connectivity index (χ1v) is 16.1. The summed E-state index contributed by atoms with van der Waals surface area (Å²) in [5, 5.41) is 3.90. The number of quaternary nitrogens is 1. The SMILES string of the molecule is c1ccc(-c2cc3c4c(c2)C2(c5ccccc5-c5ccccc52)c2ccc5ccc6ccc[n+]7c6c5c2[N+]47[n+]2ccccc2-3)cc1. The molecular formula is C43H26N3+3. The van der Waals surface area contributed by atoms with Gasteiger partial charge >= 0.3 is 0 Å². The van der Waals surface area contributed by atoms with Crippen LogP contribution in [0.25, 0.3) is 55.2 Å². The Morgan fingerprint density at radius 2 is 1.13 bits per heavy atom. The van der Waals surface area contributed by atoms with Crippen LogP contribution in [0.4, 0.5) is 11.4 Å². The largest absolute Gasteiger partial charge is 0.294 e. The van der Waals surface area contributed by atoms with Crippen molar-refractivity contribution in [1.29, 1.82) is 0 Å². The minimum absolute atomic E-state index is 0.485. The number of fused-ring (bicyclic) bond motifs is 9. The topological polar surface area (TPSA) is 7.76 Å². The third kappa shape index (κ3) is 2.30. The Bertz CT molecular complexity index is 2660. The fourth-order valence-electron chi connectivity index (χ4n) is 9.71. The van der Waals surface area contributed by atoms with Crippen LogP contribution in [0.2, 0.25) is 0 Å². The Morgan fingerprint density at radius 1 is 0.435 bits per heavy atom. The maximum Gasteiger partial charge on any atom is 0.294 e. The Morgan fingerprint density at radius 3 is 1.96 bits per heavy atom. The third-order valence-electron chi connectivity index (χ3n) is 11.2. The van der Waals surface area contributed by atoms with Gasteiger partial charge in [0.25, 0.3) is 22.6 Å². The lowest BCUT2D eigenvalue weighted by Crippen LogP contribution is -2.82. The van der Waals surface area contributed by atoms with Crippen molar-refractivity contribution >= 4 is 33.1 Å². The van der Waals surface area contributed by atoms with Crippen LogP contribution in [0.3, 0.4) is 0 Å². The fraction of sp³-hybridized carbons (Fsp3) is 0.0233. The summed E-state index contributed by atoms with van der Waals surface area (Å²) >= 11 is 0. The second-order valence-corrected chi connectivity index (χ2v) is 13.1. The van der Waals surface area contributed by atoms with Crippen molar-refractivity contribution in [3.05, 3.63) is 180 Å². The number of pyridine rings is 2. The summed E-state index contributed by atoms with van der Waals surface area (Å²) in [5.74, 6) is 0. The van der Waals surface area contributed by atoms with Crippen molar-refractivity contribution in [2.24, 2.45) is 0 Å². The van der Waals surface area contributed by atoms with E-state index in [1.165, 1.54) is 88.8 Å². The van der Waals surface area contributed by atoms with Crippen LogP contribution in [-0.4, -0.2) is 0 Å². The molecule has 12 rings (SSSR count). The van der Waals surface area contributed by atoms with Gasteiger partial charge in [-0.1, -0.05) is 97.1 Å². The average molecular weight is 585 g/mol. The van der Waals surface area contributed by atoms with Gasteiger partial charge in [-0.3, -0.25) is 0 Å². The highest BCUT2D eigenvalue weighted by Gasteiger charge is 2.74. The standard InChI is InChI=1S/C43H26N3/c1-2-11-27(12-3-1)30-25-33-38-18-8-9-23-44(38)46-41(33)37(26-30)43(34-16-6-4-14-31(34)32-15-5-7-17-35(32)43)36-22-21-28-19-20-29-13-10-24-45(46)40(29)39(28)42(36)46/h1-26H/q+3. The molecule has 4 aliphatic rings. The van der Waals surface area contributed by atoms with Crippen molar-refractivity contribution in [3.8, 4) is 33.5 Å². The lowest BCUT2D eigenvalue weighted by Gasteiger charge is -2.39. The maximum atomic E-state index is 2.54. The molecule has 46 heavy (non-hydrogen) atoms. The zero-order chi connectivity index (χ0) is 29.8. The molecule has 1 atom stereocenters. The molecule has 0 saturated heterocycles. The molecule has 0 amide bonds. The van der Waals surface area contributed by atoms with Crippen LogP contribution < -0.4 is 14.1 Å². The molecule has 3 aliphatic heterocycles. The number of hydrogen-bond acceptors (Lipinski definition) is 0. The molecule has 0 N–H and O–H groups in total. The van der Waals surface area contributed by atoms with Crippen LogP contribution in [0.1, 0.15) is 22.3 Å². The Balaban J connectivity index is 1.40. The molecule has 6 aromatic carbocycles. The molecule has 0 radical (unpaired) electrons. The fourth-order valence-corrected chi connectivity index (χ4v) is 9.71. The molecule has 210 valence electrons. The number of hydrogen-bond donors (Lipinski definition) is 0. The van der Waals surface area contributed by atoms with E-state index in [9.17, 15) is 0 Å². The van der Waals surface area contributed by atoms with E-state index < -0.39 is 5.41 Å². The van der Waals surface area contributed by atoms with Crippen LogP contribution in [0.5, 0.6) is 0 Å². The lowest BCUT2D eigenvalue weighted by molar-refractivity contribution is -1.02. The molecule has 0 fully saturated rings. The van der Waals surface area contributed by atoms with Gasteiger partial charge in [-0.2, -0.15) is 0 Å². The highest BCUT2D eigenvalue weighted by atomic mass is 15.9. The van der Waals surface area contributed by atoms with Crippen LogP contribution in [0, 0.1) is 0 Å². The number of benzene rings is 6. The van der Waals surface area contributed by atoms with E-state index in [-0.39, 0.29) is 0 Å². The molecule has 8 aromatic rings. The first-order chi connectivity index (χ1) is 22.8. The van der Waals surface area contributed by atoms with Gasteiger partial charge in [0, 0.05) is 29.3 Å². The van der Waals surface area contributed by atoms with E-state index in [4.69, 9.17) is 0 Å². The first-order valence-electron chi connectivity index (χ1n) is 16.1. The summed E-state index contributed by atoms with van der Waals surface area (Å²) in [6.07, 6.45) is 4.59. The first kappa shape index (κ1) is 23.5. The number of aromatic nitrogens is 2. The van der Waals surface area contributed by atoms with Crippen molar-refractivity contribution in [1.82, 2.24) is 4.70 Å². The third-order valence-corrected chi connectivity index (χ3v) is 11.2. The Labute approximate surface area is 265 Å². The van der Waals surface area contributed by atoms with Crippen LogP contribution in [-0.2, 0) is 5.41 Å². The van der Waals surface area contributed by atoms with E-state index in [1.807, 2.05) is 0 Å². The monoisotopic (exact) mass is 584 g/mol. The van der Waals surface area contributed by atoms with Gasteiger partial charge < -0.3 is 0 Å². The summed E-state index contributed by atoms with van der Waals surface area (Å²) in [6, 6.07) is 54.8. The smallest absolute Gasteiger partial charge is 0.0622 e. The summed E-state index contributed by atoms with van der Waals surface area (Å²) in [5.41, 5.74) is 16.6. The van der Waals surface area contributed by atoms with Crippen molar-refractivity contribution in [2.45, 2.75) is 5.41 Å². The van der Waals surface area contributed by atoms with Gasteiger partial charge in [-0.25, -0.2) is 0 Å². The summed E-state index contributed by atoms with van der Waals surface area (Å²) in [6.45, 7) is 0. The predicted molar refractivity (Wildman–Crippen MR) is 182 cm³/mol. The molecule has 1 aliphatic carbocycles. The molecule has 2 aromatic heterocycles. The minimum atomic E-state index is -0.485. The Hall–Kier alpha value is -5.90. The Kier molecular flexibility index (Phi) is 3.91. The van der Waals surface area contributed by atoms with Gasteiger partial charge in [-0.05, 0) is 69.1 Å². The number of rotatable bonds is 1. The summed E-state index contributed by atoms with van der Waals surface area (Å²) < 4.78 is 5.54. The minimum Gasteiger partial charge on any atom is -0.0622 e. The molecule has 2 spiro atoms. The average Bonchev–Trinajstić information content (AvgIpc) is 3.72. The molecule has 0 saturated carbocycles. The number of nitrogens with zero attached hydrogens (tertiary/aromatic N) is 3. The van der Waals surface area contributed by atoms with Crippen LogP contribution >= 0.6 is 0 Å². The van der Waals surface area contributed by atoms with Gasteiger partial charge in [0.2, 0.25) is 12.4 Å². The molecule has 3 nitrogen and oxygen atoms in total. The van der Waals surface area contributed by atoms with Gasteiger partial charge in [0.1, 0.15) is 10.9 Å². The molecule has 5 heterocycles. The lowest BCUT2D eigenvalue weighted by atomic mass is 9.63. The van der Waals surface area contributed by atoms with Gasteiger partial charge in [-0.15, -0.1) is 0 Å². The zero-order valence-electron chi connectivity index (χ0n) is 24.9. The molecular weight excluding hydrogens is 558 g/mol. The molecule has 1 unspecified atom stereocenters. The van der Waals surface area contributed by atoms with Crippen molar-refractivity contribution < 1.29 is 9.35 Å². The van der Waals surface area contributed by atoms with E-state index in [0.717, 1.165) is 0 Å². The van der Waals surface area contributed by atoms with Crippen molar-refractivity contribution in [3.63, 3.8) is 0 Å². The second-order valence-electron chi connectivity index (χ2n) is 13.1. The normalized spacial score (nSPS) is 17.8. The maximum absolute atomic E-state index is 2.54. The quantitative estimate of drug-likeness (QED) is 0.104. The van der Waals surface area contributed by atoms with E-state index >= 15 is 0 Å². The highest BCUT2D eigenvalue weighted by Crippen LogP contribution is 2.68. The van der Waals surface area contributed by atoms with Crippen LogP contribution in [0.15, 0.2) is 158 Å². The van der Waals surface area contributed by atoms with Crippen molar-refractivity contribution in [2.75, 3.05) is 0 Å². The van der Waals surface area contributed by atoms with Gasteiger partial charge in [0.15, 0.2) is 4.70 Å². The van der Waals surface area contributed by atoms with E-state index in [1.54, 1.807) is 0 Å². The molecule has 3 heteroatoms. The van der Waals surface area contributed by atoms with Gasteiger partial charge in [0.05, 0.1) is 20.2 Å². The zero-order valence-corrected chi connectivity index (χ0v) is 24.9. The summed E-state index contributed by atoms with van der Waals surface area (Å²) in [7, 11) is 0.